The van der Waals surface area contributed by atoms with Crippen LogP contribution in [0.4, 0.5) is 5.69 Å². The Labute approximate surface area is 219 Å². The number of imide groups is 1. The normalized spacial score (nSPS) is 12.8. The first-order chi connectivity index (χ1) is 18.2. The van der Waals surface area contributed by atoms with E-state index >= 15 is 0 Å². The molecule has 0 unspecified atom stereocenters. The largest absolute Gasteiger partial charge is 0.423 e. The Balaban J connectivity index is 1.23. The maximum atomic E-state index is 12.4. The van der Waals surface area contributed by atoms with Crippen LogP contribution >= 0.6 is 0 Å². The molecule has 0 saturated heterocycles. The van der Waals surface area contributed by atoms with Crippen LogP contribution in [-0.2, 0) is 35.1 Å². The number of fused-ring (bicyclic) bond motifs is 1. The van der Waals surface area contributed by atoms with E-state index in [1.807, 2.05) is 31.1 Å². The summed E-state index contributed by atoms with van der Waals surface area (Å²) in [5.41, 5.74) is 1.40. The Morgan fingerprint density at radius 2 is 1.53 bits per heavy atom. The van der Waals surface area contributed by atoms with Gasteiger partial charge in [0.25, 0.3) is 11.8 Å². The summed E-state index contributed by atoms with van der Waals surface area (Å²) in [4.78, 5) is 61.9. The molecule has 0 bridgehead atoms. The lowest BCUT2D eigenvalue weighted by molar-refractivity contribution is -0.137. The van der Waals surface area contributed by atoms with Gasteiger partial charge in [0, 0.05) is 75.5 Å². The minimum atomic E-state index is -0.508. The Hall–Kier alpha value is -4.03. The molecule has 1 aromatic heterocycles. The number of nitrogens with zero attached hydrogens (tertiary/aromatic N) is 2. The van der Waals surface area contributed by atoms with Gasteiger partial charge in [0.05, 0.1) is 32.8 Å². The first-order valence-electron chi connectivity index (χ1n) is 12.2. The minimum Gasteiger partial charge on any atom is -0.423 e. The van der Waals surface area contributed by atoms with Crippen molar-refractivity contribution in [3.05, 3.63) is 52.4 Å². The Morgan fingerprint density at radius 3 is 2.16 bits per heavy atom. The molecule has 12 nitrogen and oxygen atoms in total. The van der Waals surface area contributed by atoms with Crippen molar-refractivity contribution in [2.75, 3.05) is 65.1 Å². The zero-order valence-corrected chi connectivity index (χ0v) is 21.5. The smallest absolute Gasteiger partial charge is 0.336 e. The van der Waals surface area contributed by atoms with Crippen LogP contribution in [-0.4, -0.2) is 88.7 Å². The van der Waals surface area contributed by atoms with E-state index in [0.29, 0.717) is 42.9 Å². The summed E-state index contributed by atoms with van der Waals surface area (Å²) in [6, 6.07) is 6.83. The van der Waals surface area contributed by atoms with Crippen molar-refractivity contribution in [1.29, 1.82) is 0 Å². The van der Waals surface area contributed by atoms with Gasteiger partial charge < -0.3 is 29.4 Å². The van der Waals surface area contributed by atoms with Crippen molar-refractivity contribution >= 4 is 40.3 Å². The standard InChI is InChI=1S/C26H32N4O8/c1-29(2)19-3-4-20-18(16-26(35)38-21(20)17-19)15-23(32)28-9-12-37-14-13-36-11-8-27-22(31)7-10-30-24(33)5-6-25(30)34/h3-6,16-17H,7-15H2,1-2H3,(H,27,31)(H,28,32). The van der Waals surface area contributed by atoms with Gasteiger partial charge in [0.15, 0.2) is 0 Å². The van der Waals surface area contributed by atoms with Gasteiger partial charge in [0.1, 0.15) is 5.58 Å². The summed E-state index contributed by atoms with van der Waals surface area (Å²) in [5, 5.41) is 6.13. The molecule has 12 heteroatoms. The number of ether oxygens (including phenoxy) is 2. The second kappa shape index (κ2) is 14.1. The number of hydrogen-bond donors (Lipinski definition) is 2. The van der Waals surface area contributed by atoms with Crippen molar-refractivity contribution in [2.24, 2.45) is 0 Å². The molecule has 0 radical (unpaired) electrons. The number of benzene rings is 1. The predicted molar refractivity (Wildman–Crippen MR) is 139 cm³/mol. The lowest BCUT2D eigenvalue weighted by Gasteiger charge is -2.13. The summed E-state index contributed by atoms with van der Waals surface area (Å²) >= 11 is 0. The van der Waals surface area contributed by atoms with E-state index in [0.717, 1.165) is 10.6 Å². The Morgan fingerprint density at radius 1 is 0.895 bits per heavy atom. The van der Waals surface area contributed by atoms with E-state index in [9.17, 15) is 24.0 Å². The molecule has 3 rings (SSSR count). The second-order valence-electron chi connectivity index (χ2n) is 8.68. The van der Waals surface area contributed by atoms with Crippen LogP contribution in [0, 0.1) is 0 Å². The van der Waals surface area contributed by atoms with Crippen LogP contribution < -0.4 is 21.2 Å². The molecule has 204 valence electrons. The van der Waals surface area contributed by atoms with Gasteiger partial charge in [-0.2, -0.15) is 0 Å². The number of hydrogen-bond acceptors (Lipinski definition) is 9. The fourth-order valence-corrected chi connectivity index (χ4v) is 3.68. The van der Waals surface area contributed by atoms with Gasteiger partial charge in [-0.3, -0.25) is 24.1 Å². The Kier molecular flexibility index (Phi) is 10.6. The van der Waals surface area contributed by atoms with Gasteiger partial charge in [0.2, 0.25) is 11.8 Å². The van der Waals surface area contributed by atoms with E-state index in [2.05, 4.69) is 10.6 Å². The molecule has 0 atom stereocenters. The molecule has 0 saturated carbocycles. The average Bonchev–Trinajstić information content (AvgIpc) is 3.20. The molecule has 2 N–H and O–H groups in total. The maximum absolute atomic E-state index is 12.4. The van der Waals surface area contributed by atoms with Gasteiger partial charge in [-0.05, 0) is 17.7 Å². The van der Waals surface area contributed by atoms with Gasteiger partial charge in [-0.15, -0.1) is 0 Å². The van der Waals surface area contributed by atoms with Crippen molar-refractivity contribution in [1.82, 2.24) is 15.5 Å². The van der Waals surface area contributed by atoms with E-state index in [4.69, 9.17) is 13.9 Å². The third-order valence-electron chi connectivity index (χ3n) is 5.65. The van der Waals surface area contributed by atoms with Crippen molar-refractivity contribution in [2.45, 2.75) is 12.8 Å². The summed E-state index contributed by atoms with van der Waals surface area (Å²) in [6.45, 7) is 1.83. The van der Waals surface area contributed by atoms with Gasteiger partial charge in [-0.25, -0.2) is 4.79 Å². The minimum absolute atomic E-state index is 0.0270. The first-order valence-corrected chi connectivity index (χ1v) is 12.2. The number of nitrogens with one attached hydrogen (secondary N) is 2. The Bertz CT molecular complexity index is 1240. The molecule has 2 heterocycles. The molecule has 0 fully saturated rings. The third-order valence-corrected chi connectivity index (χ3v) is 5.65. The summed E-state index contributed by atoms with van der Waals surface area (Å²) < 4.78 is 16.1. The number of anilines is 1. The van der Waals surface area contributed by atoms with Gasteiger partial charge in [-0.1, -0.05) is 0 Å². The molecular formula is C26H32N4O8. The average molecular weight is 529 g/mol. The highest BCUT2D eigenvalue weighted by Gasteiger charge is 2.23. The van der Waals surface area contributed by atoms with E-state index < -0.39 is 17.4 Å². The number of rotatable bonds is 15. The topological polar surface area (TPSA) is 147 Å². The highest BCUT2D eigenvalue weighted by atomic mass is 16.5. The van der Waals surface area contributed by atoms with Crippen LogP contribution in [0.25, 0.3) is 11.0 Å². The third kappa shape index (κ3) is 8.53. The molecule has 38 heavy (non-hydrogen) atoms. The van der Waals surface area contributed by atoms with Crippen molar-refractivity contribution in [3.8, 4) is 0 Å². The quantitative estimate of drug-likeness (QED) is 0.185. The lowest BCUT2D eigenvalue weighted by atomic mass is 10.1. The van der Waals surface area contributed by atoms with Crippen LogP contribution in [0.5, 0.6) is 0 Å². The SMILES string of the molecule is CN(C)c1ccc2c(CC(=O)NCCOCCOCCNC(=O)CCN3C(=O)C=CC3=O)cc(=O)oc2c1. The number of carbonyl (C=O) groups is 4. The fraction of sp³-hybridized carbons (Fsp3) is 0.423. The molecule has 1 aliphatic rings. The lowest BCUT2D eigenvalue weighted by Crippen LogP contribution is -2.35. The highest BCUT2D eigenvalue weighted by molar-refractivity contribution is 6.13. The van der Waals surface area contributed by atoms with Crippen LogP contribution in [0.15, 0.2) is 45.6 Å². The molecule has 1 aromatic carbocycles. The molecule has 4 amide bonds. The van der Waals surface area contributed by atoms with E-state index in [1.54, 1.807) is 6.07 Å². The van der Waals surface area contributed by atoms with Crippen LogP contribution in [0.2, 0.25) is 0 Å². The number of carbonyl (C=O) groups excluding carboxylic acids is 4. The first kappa shape index (κ1) is 28.5. The number of amides is 4. The fourth-order valence-electron chi connectivity index (χ4n) is 3.68. The van der Waals surface area contributed by atoms with Gasteiger partial charge >= 0.3 is 5.63 Å². The monoisotopic (exact) mass is 528 g/mol. The summed E-state index contributed by atoms with van der Waals surface area (Å²) in [6.07, 6.45) is 2.43. The van der Waals surface area contributed by atoms with Crippen LogP contribution in [0.3, 0.4) is 0 Å². The molecule has 2 aromatic rings. The highest BCUT2D eigenvalue weighted by Crippen LogP contribution is 2.23. The summed E-state index contributed by atoms with van der Waals surface area (Å²) in [5.74, 6) is -1.35. The summed E-state index contributed by atoms with van der Waals surface area (Å²) in [7, 11) is 3.77. The zero-order valence-electron chi connectivity index (χ0n) is 21.5. The van der Waals surface area contributed by atoms with Crippen molar-refractivity contribution in [3.63, 3.8) is 0 Å². The second-order valence-corrected chi connectivity index (χ2v) is 8.68. The van der Waals surface area contributed by atoms with Crippen molar-refractivity contribution < 1.29 is 33.1 Å². The van der Waals surface area contributed by atoms with E-state index in [1.165, 1.54) is 18.2 Å². The predicted octanol–water partition coefficient (Wildman–Crippen LogP) is -0.0178. The molecular weight excluding hydrogens is 496 g/mol. The van der Waals surface area contributed by atoms with Crippen LogP contribution in [0.1, 0.15) is 12.0 Å². The maximum Gasteiger partial charge on any atom is 0.336 e. The molecule has 1 aliphatic heterocycles. The van der Waals surface area contributed by atoms with E-state index in [-0.39, 0.29) is 44.4 Å². The molecule has 0 aliphatic carbocycles. The zero-order chi connectivity index (χ0) is 27.5. The molecule has 0 spiro atoms.